The Balaban J connectivity index is 1.88. The van der Waals surface area contributed by atoms with Crippen molar-refractivity contribution in [1.29, 1.82) is 0 Å². The SMILES string of the molecule is CCCN(CC)CCNC1CCCc2cc(O)ccc21. The Hall–Kier alpha value is -1.06. The zero-order chi connectivity index (χ0) is 14.4. The van der Waals surface area contributed by atoms with Crippen LogP contribution in [0.15, 0.2) is 18.2 Å². The molecular weight excluding hydrogens is 248 g/mol. The normalized spacial score (nSPS) is 18.2. The van der Waals surface area contributed by atoms with Crippen molar-refractivity contribution < 1.29 is 5.11 Å². The number of phenolic OH excluding ortho intramolecular Hbond substituents is 1. The maximum Gasteiger partial charge on any atom is 0.115 e. The zero-order valence-electron chi connectivity index (χ0n) is 12.9. The van der Waals surface area contributed by atoms with Gasteiger partial charge in [-0.3, -0.25) is 0 Å². The van der Waals surface area contributed by atoms with Crippen molar-refractivity contribution in [2.45, 2.75) is 45.6 Å². The molecule has 1 unspecified atom stereocenters. The van der Waals surface area contributed by atoms with E-state index in [1.807, 2.05) is 12.1 Å². The van der Waals surface area contributed by atoms with E-state index in [1.54, 1.807) is 0 Å². The van der Waals surface area contributed by atoms with Gasteiger partial charge in [0.15, 0.2) is 0 Å². The Labute approximate surface area is 123 Å². The van der Waals surface area contributed by atoms with Crippen LogP contribution in [0.5, 0.6) is 5.75 Å². The van der Waals surface area contributed by atoms with Crippen molar-refractivity contribution in [3.8, 4) is 5.75 Å². The molecule has 0 saturated carbocycles. The minimum Gasteiger partial charge on any atom is -0.508 e. The quantitative estimate of drug-likeness (QED) is 0.803. The van der Waals surface area contributed by atoms with Crippen LogP contribution >= 0.6 is 0 Å². The average Bonchev–Trinajstić information content (AvgIpc) is 2.46. The van der Waals surface area contributed by atoms with Crippen LogP contribution in [0.1, 0.15) is 50.3 Å². The van der Waals surface area contributed by atoms with Crippen molar-refractivity contribution in [2.75, 3.05) is 26.2 Å². The summed E-state index contributed by atoms with van der Waals surface area (Å²) >= 11 is 0. The molecule has 1 atom stereocenters. The molecule has 112 valence electrons. The van der Waals surface area contributed by atoms with Gasteiger partial charge in [-0.05, 0) is 62.0 Å². The van der Waals surface area contributed by atoms with E-state index in [0.717, 1.165) is 26.1 Å². The maximum atomic E-state index is 9.59. The third-order valence-corrected chi connectivity index (χ3v) is 4.25. The van der Waals surface area contributed by atoms with Crippen molar-refractivity contribution in [3.05, 3.63) is 29.3 Å². The lowest BCUT2D eigenvalue weighted by atomic mass is 9.87. The largest absolute Gasteiger partial charge is 0.508 e. The summed E-state index contributed by atoms with van der Waals surface area (Å²) < 4.78 is 0. The Kier molecular flexibility index (Phi) is 5.86. The summed E-state index contributed by atoms with van der Waals surface area (Å²) in [5, 5.41) is 13.3. The highest BCUT2D eigenvalue weighted by atomic mass is 16.3. The van der Waals surface area contributed by atoms with Gasteiger partial charge in [-0.1, -0.05) is 19.9 Å². The molecule has 3 heteroatoms. The van der Waals surface area contributed by atoms with Gasteiger partial charge in [0.25, 0.3) is 0 Å². The number of hydrogen-bond donors (Lipinski definition) is 2. The van der Waals surface area contributed by atoms with E-state index < -0.39 is 0 Å². The van der Waals surface area contributed by atoms with Crippen LogP contribution < -0.4 is 5.32 Å². The lowest BCUT2D eigenvalue weighted by Crippen LogP contribution is -2.35. The summed E-state index contributed by atoms with van der Waals surface area (Å²) in [5.74, 6) is 0.393. The van der Waals surface area contributed by atoms with Gasteiger partial charge in [0, 0.05) is 19.1 Å². The number of likely N-dealkylation sites (N-methyl/N-ethyl adjacent to an activating group) is 1. The molecule has 0 aromatic heterocycles. The second kappa shape index (κ2) is 7.65. The molecule has 3 nitrogen and oxygen atoms in total. The lowest BCUT2D eigenvalue weighted by molar-refractivity contribution is 0.280. The van der Waals surface area contributed by atoms with Crippen molar-refractivity contribution >= 4 is 0 Å². The monoisotopic (exact) mass is 276 g/mol. The number of hydrogen-bond acceptors (Lipinski definition) is 3. The van der Waals surface area contributed by atoms with E-state index in [0.29, 0.717) is 11.8 Å². The highest BCUT2D eigenvalue weighted by molar-refractivity contribution is 5.38. The molecule has 20 heavy (non-hydrogen) atoms. The molecule has 0 amide bonds. The number of aromatic hydroxyl groups is 1. The number of nitrogens with zero attached hydrogens (tertiary/aromatic N) is 1. The Morgan fingerprint density at radius 1 is 1.30 bits per heavy atom. The third kappa shape index (κ3) is 3.97. The molecular formula is C17H28N2O. The van der Waals surface area contributed by atoms with Gasteiger partial charge >= 0.3 is 0 Å². The van der Waals surface area contributed by atoms with Gasteiger partial charge < -0.3 is 15.3 Å². The molecule has 2 rings (SSSR count). The molecule has 2 N–H and O–H groups in total. The second-order valence-electron chi connectivity index (χ2n) is 5.72. The first-order chi connectivity index (χ1) is 9.74. The van der Waals surface area contributed by atoms with Crippen molar-refractivity contribution in [2.24, 2.45) is 0 Å². The highest BCUT2D eigenvalue weighted by Crippen LogP contribution is 2.31. The minimum atomic E-state index is 0.393. The smallest absolute Gasteiger partial charge is 0.115 e. The van der Waals surface area contributed by atoms with Crippen LogP contribution in [0, 0.1) is 0 Å². The van der Waals surface area contributed by atoms with E-state index >= 15 is 0 Å². The predicted molar refractivity (Wildman–Crippen MR) is 84.2 cm³/mol. The Morgan fingerprint density at radius 2 is 2.15 bits per heavy atom. The lowest BCUT2D eigenvalue weighted by Gasteiger charge is -2.28. The van der Waals surface area contributed by atoms with Crippen LogP contribution in [0.4, 0.5) is 0 Å². The van der Waals surface area contributed by atoms with Gasteiger partial charge in [-0.2, -0.15) is 0 Å². The summed E-state index contributed by atoms with van der Waals surface area (Å²) in [6.07, 6.45) is 4.73. The Bertz CT molecular complexity index is 419. The van der Waals surface area contributed by atoms with Crippen LogP contribution in [-0.4, -0.2) is 36.2 Å². The number of fused-ring (bicyclic) bond motifs is 1. The summed E-state index contributed by atoms with van der Waals surface area (Å²) in [6.45, 7) is 8.94. The van der Waals surface area contributed by atoms with E-state index in [4.69, 9.17) is 0 Å². The van der Waals surface area contributed by atoms with E-state index in [-0.39, 0.29) is 0 Å². The van der Waals surface area contributed by atoms with Gasteiger partial charge in [-0.15, -0.1) is 0 Å². The predicted octanol–water partition coefficient (Wildman–Crippen LogP) is 3.09. The summed E-state index contributed by atoms with van der Waals surface area (Å²) in [4.78, 5) is 2.49. The summed E-state index contributed by atoms with van der Waals surface area (Å²) in [7, 11) is 0. The fourth-order valence-electron chi connectivity index (χ4n) is 3.15. The van der Waals surface area contributed by atoms with Crippen LogP contribution in [-0.2, 0) is 6.42 Å². The van der Waals surface area contributed by atoms with Gasteiger partial charge in [0.05, 0.1) is 0 Å². The molecule has 0 fully saturated rings. The molecule has 0 saturated heterocycles. The molecule has 1 aromatic carbocycles. The third-order valence-electron chi connectivity index (χ3n) is 4.25. The average molecular weight is 276 g/mol. The number of benzene rings is 1. The molecule has 1 aromatic rings. The summed E-state index contributed by atoms with van der Waals surface area (Å²) in [5.41, 5.74) is 2.70. The van der Waals surface area contributed by atoms with E-state index in [1.165, 1.54) is 36.9 Å². The molecule has 0 radical (unpaired) electrons. The standard InChI is InChI=1S/C17H28N2O/c1-3-11-19(4-2)12-10-18-17-7-5-6-14-13-15(20)8-9-16(14)17/h8-9,13,17-18,20H,3-7,10-12H2,1-2H3. The summed E-state index contributed by atoms with van der Waals surface area (Å²) in [6, 6.07) is 6.29. The fourth-order valence-corrected chi connectivity index (χ4v) is 3.15. The minimum absolute atomic E-state index is 0.393. The molecule has 0 bridgehead atoms. The van der Waals surface area contributed by atoms with Crippen LogP contribution in [0.25, 0.3) is 0 Å². The van der Waals surface area contributed by atoms with Crippen LogP contribution in [0.2, 0.25) is 0 Å². The Morgan fingerprint density at radius 3 is 2.90 bits per heavy atom. The molecule has 0 heterocycles. The van der Waals surface area contributed by atoms with Crippen molar-refractivity contribution in [3.63, 3.8) is 0 Å². The van der Waals surface area contributed by atoms with Crippen molar-refractivity contribution in [1.82, 2.24) is 10.2 Å². The number of aryl methyl sites for hydroxylation is 1. The molecule has 0 aliphatic heterocycles. The zero-order valence-corrected chi connectivity index (χ0v) is 12.9. The van der Waals surface area contributed by atoms with E-state index in [9.17, 15) is 5.11 Å². The molecule has 1 aliphatic carbocycles. The highest BCUT2D eigenvalue weighted by Gasteiger charge is 2.19. The van der Waals surface area contributed by atoms with Gasteiger partial charge in [0.2, 0.25) is 0 Å². The maximum absolute atomic E-state index is 9.59. The van der Waals surface area contributed by atoms with E-state index in [2.05, 4.69) is 30.1 Å². The number of rotatable bonds is 7. The van der Waals surface area contributed by atoms with Crippen LogP contribution in [0.3, 0.4) is 0 Å². The number of phenols is 1. The first-order valence-electron chi connectivity index (χ1n) is 8.02. The first-order valence-corrected chi connectivity index (χ1v) is 8.02. The van der Waals surface area contributed by atoms with Gasteiger partial charge in [-0.25, -0.2) is 0 Å². The number of nitrogens with one attached hydrogen (secondary N) is 1. The fraction of sp³-hybridized carbons (Fsp3) is 0.647. The molecule has 1 aliphatic rings. The topological polar surface area (TPSA) is 35.5 Å². The molecule has 0 spiro atoms. The van der Waals surface area contributed by atoms with Gasteiger partial charge in [0.1, 0.15) is 5.75 Å². The second-order valence-corrected chi connectivity index (χ2v) is 5.72. The first kappa shape index (κ1) is 15.3.